The number of rotatable bonds is 6. The summed E-state index contributed by atoms with van der Waals surface area (Å²) in [6, 6.07) is 14.7. The van der Waals surface area contributed by atoms with Gasteiger partial charge < -0.3 is 13.9 Å². The summed E-state index contributed by atoms with van der Waals surface area (Å²) >= 11 is 1.46. The summed E-state index contributed by atoms with van der Waals surface area (Å²) in [4.78, 5) is 24.9. The van der Waals surface area contributed by atoms with Crippen LogP contribution in [-0.4, -0.2) is 19.0 Å². The molecule has 0 amide bonds. The summed E-state index contributed by atoms with van der Waals surface area (Å²) < 4.78 is 15.3. The number of ether oxygens (including phenoxy) is 2. The Balaban J connectivity index is 1.78. The molecule has 5 nitrogen and oxygen atoms in total. The van der Waals surface area contributed by atoms with Gasteiger partial charge in [0.15, 0.2) is 0 Å². The Labute approximate surface area is 160 Å². The Morgan fingerprint density at radius 3 is 2.70 bits per heavy atom. The minimum Gasteiger partial charge on any atom is -0.463 e. The number of benzene rings is 1. The van der Waals surface area contributed by atoms with Crippen molar-refractivity contribution in [2.45, 2.75) is 13.5 Å². The summed E-state index contributed by atoms with van der Waals surface area (Å²) in [5, 5.41) is 1.90. The lowest BCUT2D eigenvalue weighted by molar-refractivity contribution is -0.138. The molecule has 0 atom stereocenters. The molecule has 3 rings (SSSR count). The first-order valence-corrected chi connectivity index (χ1v) is 9.11. The molecule has 0 spiro atoms. The Morgan fingerprint density at radius 2 is 2.00 bits per heavy atom. The highest BCUT2D eigenvalue weighted by Crippen LogP contribution is 2.25. The third-order valence-corrected chi connectivity index (χ3v) is 4.66. The molecule has 0 bridgehead atoms. The summed E-state index contributed by atoms with van der Waals surface area (Å²) in [6.07, 6.45) is 1.81. The zero-order valence-corrected chi connectivity index (χ0v) is 15.7. The van der Waals surface area contributed by atoms with E-state index in [1.807, 2.05) is 54.8 Å². The van der Waals surface area contributed by atoms with Crippen LogP contribution in [0.5, 0.6) is 0 Å². The van der Waals surface area contributed by atoms with E-state index in [1.165, 1.54) is 24.5 Å². The van der Waals surface area contributed by atoms with Gasteiger partial charge in [0.05, 0.1) is 12.7 Å². The molecule has 1 aromatic carbocycles. The van der Waals surface area contributed by atoms with Crippen LogP contribution in [0.2, 0.25) is 0 Å². The molecule has 0 saturated heterocycles. The van der Waals surface area contributed by atoms with Crippen molar-refractivity contribution in [2.24, 2.45) is 0 Å². The molecule has 138 valence electrons. The van der Waals surface area contributed by atoms with E-state index in [2.05, 4.69) is 4.74 Å². The Morgan fingerprint density at radius 1 is 1.15 bits per heavy atom. The van der Waals surface area contributed by atoms with Crippen LogP contribution in [0.25, 0.3) is 11.6 Å². The fraction of sp³-hybridized carbons (Fsp3) is 0.143. The molecule has 27 heavy (non-hydrogen) atoms. The lowest BCUT2D eigenvalue weighted by Gasteiger charge is -2.07. The number of carbonyl (C=O) groups excluding carboxylic acids is 2. The van der Waals surface area contributed by atoms with Crippen LogP contribution in [0.3, 0.4) is 0 Å². The minimum atomic E-state index is -0.578. The molecule has 0 saturated carbocycles. The van der Waals surface area contributed by atoms with E-state index in [4.69, 9.17) is 9.15 Å². The molecule has 0 aliphatic heterocycles. The molecule has 0 aliphatic carbocycles. The molecular formula is C21H18O5S. The van der Waals surface area contributed by atoms with Gasteiger partial charge in [-0.25, -0.2) is 9.59 Å². The van der Waals surface area contributed by atoms with Gasteiger partial charge in [0.1, 0.15) is 12.4 Å². The monoisotopic (exact) mass is 382 g/mol. The Kier molecular flexibility index (Phi) is 5.88. The second-order valence-electron chi connectivity index (χ2n) is 5.78. The third kappa shape index (κ3) is 4.74. The first kappa shape index (κ1) is 18.7. The highest BCUT2D eigenvalue weighted by atomic mass is 32.1. The van der Waals surface area contributed by atoms with Gasteiger partial charge in [-0.3, -0.25) is 0 Å². The van der Waals surface area contributed by atoms with Gasteiger partial charge in [0.25, 0.3) is 0 Å². The van der Waals surface area contributed by atoms with Crippen LogP contribution in [0, 0.1) is 6.92 Å². The van der Waals surface area contributed by atoms with Gasteiger partial charge in [-0.05, 0) is 42.1 Å². The molecule has 2 heterocycles. The third-order valence-electron chi connectivity index (χ3n) is 3.75. The lowest BCUT2D eigenvalue weighted by Crippen LogP contribution is -2.06. The van der Waals surface area contributed by atoms with E-state index in [9.17, 15) is 9.59 Å². The molecule has 0 fully saturated rings. The van der Waals surface area contributed by atoms with Gasteiger partial charge in [-0.1, -0.05) is 35.9 Å². The van der Waals surface area contributed by atoms with E-state index in [-0.39, 0.29) is 12.4 Å². The maximum atomic E-state index is 12.7. The molecule has 0 aliphatic rings. The first-order valence-electron chi connectivity index (χ1n) is 8.23. The number of furan rings is 1. The molecule has 3 aromatic rings. The second kappa shape index (κ2) is 8.51. The van der Waals surface area contributed by atoms with E-state index in [0.717, 1.165) is 16.0 Å². The maximum Gasteiger partial charge on any atom is 0.373 e. The van der Waals surface area contributed by atoms with Gasteiger partial charge in [0.2, 0.25) is 5.76 Å². The normalized spacial score (nSPS) is 11.3. The van der Waals surface area contributed by atoms with Crippen LogP contribution >= 0.6 is 11.3 Å². The standard InChI is InChI=1S/C21H18O5S/c1-14-5-3-6-15(11-14)12-17(19-7-4-10-27-19)20(22)25-13-16-8-9-18(26-16)21(23)24-2/h3-12H,13H2,1-2H3/b17-12+. The topological polar surface area (TPSA) is 65.7 Å². The molecule has 2 aromatic heterocycles. The number of carbonyl (C=O) groups is 2. The molecule has 0 radical (unpaired) electrons. The Hall–Kier alpha value is -3.12. The van der Waals surface area contributed by atoms with E-state index < -0.39 is 11.9 Å². The molecule has 6 heteroatoms. The van der Waals surface area contributed by atoms with Crippen molar-refractivity contribution in [3.05, 3.63) is 81.4 Å². The smallest absolute Gasteiger partial charge is 0.373 e. The van der Waals surface area contributed by atoms with Crippen LogP contribution in [0.1, 0.15) is 32.3 Å². The van der Waals surface area contributed by atoms with Crippen molar-refractivity contribution in [2.75, 3.05) is 7.11 Å². The minimum absolute atomic E-state index is 0.0670. The number of aryl methyl sites for hydroxylation is 1. The van der Waals surface area contributed by atoms with Gasteiger partial charge >= 0.3 is 11.9 Å². The maximum absolute atomic E-state index is 12.7. The zero-order chi connectivity index (χ0) is 19.2. The van der Waals surface area contributed by atoms with Gasteiger partial charge in [0, 0.05) is 4.88 Å². The van der Waals surface area contributed by atoms with Crippen molar-refractivity contribution in [1.29, 1.82) is 0 Å². The van der Waals surface area contributed by atoms with Gasteiger partial charge in [-0.2, -0.15) is 0 Å². The highest BCUT2D eigenvalue weighted by Gasteiger charge is 2.17. The summed E-state index contributed by atoms with van der Waals surface area (Å²) in [6.45, 7) is 1.92. The zero-order valence-electron chi connectivity index (χ0n) is 14.9. The number of hydrogen-bond donors (Lipinski definition) is 0. The molecule has 0 unspecified atom stereocenters. The predicted molar refractivity (Wildman–Crippen MR) is 103 cm³/mol. The summed E-state index contributed by atoms with van der Waals surface area (Å²) in [7, 11) is 1.27. The fourth-order valence-corrected chi connectivity index (χ4v) is 3.20. The van der Waals surface area contributed by atoms with Crippen molar-refractivity contribution in [1.82, 2.24) is 0 Å². The second-order valence-corrected chi connectivity index (χ2v) is 6.73. The van der Waals surface area contributed by atoms with Gasteiger partial charge in [-0.15, -0.1) is 11.3 Å². The SMILES string of the molecule is COC(=O)c1ccc(COC(=O)/C(=C/c2cccc(C)c2)c2cccs2)o1. The first-order chi connectivity index (χ1) is 13.1. The van der Waals surface area contributed by atoms with Crippen molar-refractivity contribution in [3.8, 4) is 0 Å². The molecule has 0 N–H and O–H groups in total. The highest BCUT2D eigenvalue weighted by molar-refractivity contribution is 7.11. The van der Waals surface area contributed by atoms with Crippen LogP contribution < -0.4 is 0 Å². The van der Waals surface area contributed by atoms with E-state index in [1.54, 1.807) is 6.07 Å². The van der Waals surface area contributed by atoms with E-state index in [0.29, 0.717) is 11.3 Å². The van der Waals surface area contributed by atoms with Crippen molar-refractivity contribution >= 4 is 34.9 Å². The lowest BCUT2D eigenvalue weighted by atomic mass is 10.1. The summed E-state index contributed by atoms with van der Waals surface area (Å²) in [5.41, 5.74) is 2.49. The summed E-state index contributed by atoms with van der Waals surface area (Å²) in [5.74, 6) is -0.608. The quantitative estimate of drug-likeness (QED) is 0.456. The van der Waals surface area contributed by atoms with Crippen LogP contribution in [0.15, 0.2) is 58.3 Å². The molecular weight excluding hydrogens is 364 g/mol. The predicted octanol–water partition coefficient (Wildman–Crippen LogP) is 4.72. The average molecular weight is 382 g/mol. The number of esters is 2. The van der Waals surface area contributed by atoms with E-state index >= 15 is 0 Å². The number of thiophene rings is 1. The fourth-order valence-electron chi connectivity index (χ4n) is 2.47. The van der Waals surface area contributed by atoms with Crippen LogP contribution in [0.4, 0.5) is 0 Å². The van der Waals surface area contributed by atoms with Crippen LogP contribution in [-0.2, 0) is 20.9 Å². The number of hydrogen-bond acceptors (Lipinski definition) is 6. The Bertz CT molecular complexity index is 966. The van der Waals surface area contributed by atoms with Crippen molar-refractivity contribution in [3.63, 3.8) is 0 Å². The average Bonchev–Trinajstić information content (AvgIpc) is 3.35. The van der Waals surface area contributed by atoms with Crippen molar-refractivity contribution < 1.29 is 23.5 Å². The largest absolute Gasteiger partial charge is 0.463 e. The number of methoxy groups -OCH3 is 1.